The van der Waals surface area contributed by atoms with Crippen LogP contribution in [-0.4, -0.2) is 20.1 Å². The van der Waals surface area contributed by atoms with Crippen LogP contribution >= 0.6 is 0 Å². The number of pyridine rings is 1. The van der Waals surface area contributed by atoms with Gasteiger partial charge in [-0.3, -0.25) is 4.90 Å². The second-order valence-electron chi connectivity index (χ2n) is 17.2. The number of para-hydroxylation sites is 1. The summed E-state index contributed by atoms with van der Waals surface area (Å²) in [6.45, 7) is 12.9. The summed E-state index contributed by atoms with van der Waals surface area (Å²) < 4.78 is 6.67. The summed E-state index contributed by atoms with van der Waals surface area (Å²) in [5, 5.41) is 13.0. The largest absolute Gasteiger partial charge is 0.507 e. The van der Waals surface area contributed by atoms with Crippen molar-refractivity contribution in [1.29, 1.82) is 0 Å². The molecule has 0 aliphatic carbocycles. The van der Waals surface area contributed by atoms with Crippen LogP contribution in [0.3, 0.4) is 0 Å². The molecule has 6 nitrogen and oxygen atoms in total. The number of aromatic hydroxyl groups is 1. The number of benzene rings is 6. The predicted molar refractivity (Wildman–Crippen MR) is 243 cm³/mol. The van der Waals surface area contributed by atoms with Crippen LogP contribution in [0.5, 0.6) is 5.75 Å². The Hall–Kier alpha value is -7.05. The fraction of sp³-hybridized carbons (Fsp3) is 0.151. The Morgan fingerprint density at radius 1 is 0.542 bits per heavy atom. The van der Waals surface area contributed by atoms with E-state index >= 15 is 0 Å². The minimum Gasteiger partial charge on any atom is -0.507 e. The van der Waals surface area contributed by atoms with Gasteiger partial charge in [-0.25, -0.2) is 15.0 Å². The maximum absolute atomic E-state index is 12.1. The number of hydrogen-bond donors (Lipinski definition) is 1. The fourth-order valence-corrected chi connectivity index (χ4v) is 7.72. The molecule has 0 saturated carbocycles. The van der Waals surface area contributed by atoms with Crippen molar-refractivity contribution in [1.82, 2.24) is 15.0 Å². The zero-order chi connectivity index (χ0) is 40.9. The van der Waals surface area contributed by atoms with Gasteiger partial charge in [-0.05, 0) is 99.3 Å². The van der Waals surface area contributed by atoms with E-state index in [-0.39, 0.29) is 16.6 Å². The molecule has 0 aliphatic rings. The van der Waals surface area contributed by atoms with Gasteiger partial charge in [-0.2, -0.15) is 0 Å². The molecule has 0 atom stereocenters. The first-order valence-electron chi connectivity index (χ1n) is 20.1. The van der Waals surface area contributed by atoms with Crippen molar-refractivity contribution in [3.63, 3.8) is 0 Å². The van der Waals surface area contributed by atoms with Gasteiger partial charge in [0.05, 0.1) is 5.56 Å². The van der Waals surface area contributed by atoms with Crippen LogP contribution < -0.4 is 4.90 Å². The average Bonchev–Trinajstić information content (AvgIpc) is 3.62. The van der Waals surface area contributed by atoms with Gasteiger partial charge in [-0.15, -0.1) is 0 Å². The number of furan rings is 1. The van der Waals surface area contributed by atoms with E-state index in [2.05, 4.69) is 144 Å². The van der Waals surface area contributed by atoms with Crippen LogP contribution in [0.4, 0.5) is 17.2 Å². The van der Waals surface area contributed by atoms with Gasteiger partial charge in [0.1, 0.15) is 28.4 Å². The summed E-state index contributed by atoms with van der Waals surface area (Å²) in [5.41, 5.74) is 11.6. The third-order valence-electron chi connectivity index (χ3n) is 10.9. The molecule has 0 unspecified atom stereocenters. The number of rotatable bonds is 7. The van der Waals surface area contributed by atoms with Crippen molar-refractivity contribution in [2.45, 2.75) is 52.4 Å². The highest BCUT2D eigenvalue weighted by Gasteiger charge is 2.28. The van der Waals surface area contributed by atoms with Crippen molar-refractivity contribution < 1.29 is 9.52 Å². The zero-order valence-corrected chi connectivity index (χ0v) is 34.2. The molecule has 3 heterocycles. The number of aromatic nitrogens is 3. The Morgan fingerprint density at radius 3 is 1.83 bits per heavy atom. The molecule has 6 aromatic carbocycles. The van der Waals surface area contributed by atoms with Crippen molar-refractivity contribution in [2.75, 3.05) is 4.90 Å². The normalized spacial score (nSPS) is 12.0. The first kappa shape index (κ1) is 37.5. The number of nitrogens with zero attached hydrogens (tertiary/aromatic N) is 4. The minimum atomic E-state index is -0.331. The van der Waals surface area contributed by atoms with Gasteiger partial charge in [0.15, 0.2) is 11.4 Å². The van der Waals surface area contributed by atoms with Crippen LogP contribution in [0, 0.1) is 0 Å². The van der Waals surface area contributed by atoms with E-state index in [9.17, 15) is 5.11 Å². The highest BCUT2D eigenvalue weighted by Crippen LogP contribution is 2.45. The van der Waals surface area contributed by atoms with E-state index < -0.39 is 0 Å². The van der Waals surface area contributed by atoms with Gasteiger partial charge in [0, 0.05) is 34.1 Å². The van der Waals surface area contributed by atoms with Crippen LogP contribution in [0.2, 0.25) is 0 Å². The van der Waals surface area contributed by atoms with Gasteiger partial charge >= 0.3 is 0 Å². The molecule has 0 spiro atoms. The fourth-order valence-electron chi connectivity index (χ4n) is 7.72. The van der Waals surface area contributed by atoms with E-state index in [4.69, 9.17) is 19.4 Å². The van der Waals surface area contributed by atoms with Crippen LogP contribution in [-0.2, 0) is 10.8 Å². The molecule has 59 heavy (non-hydrogen) atoms. The Kier molecular flexibility index (Phi) is 9.36. The third kappa shape index (κ3) is 7.23. The first-order chi connectivity index (χ1) is 28.4. The lowest BCUT2D eigenvalue weighted by Crippen LogP contribution is -2.17. The average molecular weight is 771 g/mol. The van der Waals surface area contributed by atoms with E-state index in [0.717, 1.165) is 61.5 Å². The van der Waals surface area contributed by atoms with Crippen LogP contribution in [0.15, 0.2) is 168 Å². The van der Waals surface area contributed by atoms with E-state index in [0.29, 0.717) is 33.8 Å². The smallest absolute Gasteiger partial charge is 0.180 e. The second kappa shape index (κ2) is 14.7. The molecule has 0 fully saturated rings. The molecule has 6 heteroatoms. The Balaban J connectivity index is 1.32. The van der Waals surface area contributed by atoms with Gasteiger partial charge < -0.3 is 9.52 Å². The molecular formula is C53H46N4O2. The number of anilines is 3. The number of phenolic OH excluding ortho intramolecular Hbond substituents is 1. The molecule has 3 aromatic heterocycles. The molecule has 290 valence electrons. The lowest BCUT2D eigenvalue weighted by molar-refractivity contribution is 0.446. The maximum Gasteiger partial charge on any atom is 0.180 e. The number of hydrogen-bond acceptors (Lipinski definition) is 6. The number of phenols is 1. The Bertz CT molecular complexity index is 2940. The summed E-state index contributed by atoms with van der Waals surface area (Å²) in [5.74, 6) is 1.38. The highest BCUT2D eigenvalue weighted by atomic mass is 16.3. The van der Waals surface area contributed by atoms with Gasteiger partial charge in [0.25, 0.3) is 0 Å². The first-order valence-corrected chi connectivity index (χ1v) is 20.1. The zero-order valence-electron chi connectivity index (χ0n) is 34.2. The SMILES string of the molecule is CC(C)(C)c1cc(-c2nc(-c3cc(-c4ccccc4)cc(N(c4ccc(-c5ccccc5)cc4)c4ccccn4)c3)c3oc4ccccc4c3n2)c(O)c(C(C)(C)C)c1. The van der Waals surface area contributed by atoms with Crippen molar-refractivity contribution in [3.05, 3.63) is 175 Å². The standard InChI is InChI=1S/C53H46N4O2/c1-52(2,3)39-32-43(49(58)44(33-39)53(4,5)6)51-55-47(50-48(56-51)42-21-13-14-22-45(42)59-50)38-29-37(35-19-11-8-12-20-35)30-41(31-38)57(46-23-15-16-28-54-46)40-26-24-36(25-27-40)34-17-9-7-10-18-34/h7-33,58H,1-6H3. The summed E-state index contributed by atoms with van der Waals surface area (Å²) in [6.07, 6.45) is 1.82. The lowest BCUT2D eigenvalue weighted by atomic mass is 9.79. The van der Waals surface area contributed by atoms with Crippen LogP contribution in [0.25, 0.3) is 67.0 Å². The van der Waals surface area contributed by atoms with E-state index in [1.165, 1.54) is 0 Å². The lowest BCUT2D eigenvalue weighted by Gasteiger charge is -2.27. The molecule has 0 saturated heterocycles. The Labute approximate surface area is 345 Å². The molecule has 0 aliphatic heterocycles. The molecule has 0 radical (unpaired) electrons. The topological polar surface area (TPSA) is 75.3 Å². The van der Waals surface area contributed by atoms with E-state index in [1.54, 1.807) is 0 Å². The van der Waals surface area contributed by atoms with Crippen molar-refractivity contribution in [2.24, 2.45) is 0 Å². The summed E-state index contributed by atoms with van der Waals surface area (Å²) in [4.78, 5) is 17.6. The summed E-state index contributed by atoms with van der Waals surface area (Å²) in [7, 11) is 0. The molecule has 9 aromatic rings. The van der Waals surface area contributed by atoms with Gasteiger partial charge in [0.2, 0.25) is 0 Å². The van der Waals surface area contributed by atoms with Crippen molar-refractivity contribution in [3.8, 4) is 50.6 Å². The predicted octanol–water partition coefficient (Wildman–Crippen LogP) is 14.2. The summed E-state index contributed by atoms with van der Waals surface area (Å²) >= 11 is 0. The number of fused-ring (bicyclic) bond motifs is 3. The summed E-state index contributed by atoms with van der Waals surface area (Å²) in [6, 6.07) is 54.0. The highest BCUT2D eigenvalue weighted by molar-refractivity contribution is 6.07. The quantitative estimate of drug-likeness (QED) is 0.174. The van der Waals surface area contributed by atoms with Crippen molar-refractivity contribution >= 4 is 39.3 Å². The molecular weight excluding hydrogens is 725 g/mol. The minimum absolute atomic E-state index is 0.183. The Morgan fingerprint density at radius 2 is 1.17 bits per heavy atom. The molecule has 0 amide bonds. The van der Waals surface area contributed by atoms with E-state index in [1.807, 2.05) is 66.9 Å². The monoisotopic (exact) mass is 770 g/mol. The second-order valence-corrected chi connectivity index (χ2v) is 17.2. The third-order valence-corrected chi connectivity index (χ3v) is 10.9. The molecule has 0 bridgehead atoms. The maximum atomic E-state index is 12.1. The van der Waals surface area contributed by atoms with Gasteiger partial charge in [-0.1, -0.05) is 139 Å². The molecule has 1 N–H and O–H groups in total. The van der Waals surface area contributed by atoms with Crippen LogP contribution in [0.1, 0.15) is 52.7 Å². The molecule has 9 rings (SSSR count).